The molecule has 1 N–H and O–H groups in total. The first-order valence-electron chi connectivity index (χ1n) is 11.0. The molecule has 0 spiro atoms. The first-order chi connectivity index (χ1) is 15.7. The topological polar surface area (TPSA) is 65.5 Å². The predicted molar refractivity (Wildman–Crippen MR) is 124 cm³/mol. The summed E-state index contributed by atoms with van der Waals surface area (Å²) in [6, 6.07) is 22.5. The average Bonchev–Trinajstić information content (AvgIpc) is 2.85. The fourth-order valence-corrected chi connectivity index (χ4v) is 3.98. The molecule has 6 heteroatoms. The molecule has 3 aromatic rings. The van der Waals surface area contributed by atoms with E-state index in [4.69, 9.17) is 0 Å². The maximum atomic E-state index is 13.1. The minimum Gasteiger partial charge on any atom is -0.345 e. The number of hydrogen-bond donors (Lipinski definition) is 1. The van der Waals surface area contributed by atoms with Crippen molar-refractivity contribution in [1.82, 2.24) is 20.1 Å². The lowest BCUT2D eigenvalue weighted by Gasteiger charge is -2.35. The lowest BCUT2D eigenvalue weighted by molar-refractivity contribution is -0.133. The molecule has 164 valence electrons. The van der Waals surface area contributed by atoms with Gasteiger partial charge in [-0.15, -0.1) is 0 Å². The third kappa shape index (κ3) is 5.80. The van der Waals surface area contributed by atoms with E-state index in [0.717, 1.165) is 25.2 Å². The van der Waals surface area contributed by atoms with E-state index in [2.05, 4.69) is 21.3 Å². The molecule has 2 amide bonds. The first-order valence-corrected chi connectivity index (χ1v) is 11.0. The second-order valence-corrected chi connectivity index (χ2v) is 8.03. The van der Waals surface area contributed by atoms with Crippen LogP contribution in [0.3, 0.4) is 0 Å². The summed E-state index contributed by atoms with van der Waals surface area (Å²) in [5, 5.41) is 3.06. The molecule has 2 aromatic carbocycles. The number of piperazine rings is 1. The van der Waals surface area contributed by atoms with Crippen molar-refractivity contribution in [2.45, 2.75) is 19.0 Å². The molecule has 0 radical (unpaired) electrons. The molecule has 1 aromatic heterocycles. The molecule has 1 atom stereocenters. The van der Waals surface area contributed by atoms with Crippen LogP contribution in [-0.2, 0) is 11.3 Å². The minimum atomic E-state index is -0.371. The van der Waals surface area contributed by atoms with Gasteiger partial charge in [-0.1, -0.05) is 54.6 Å². The third-order valence-electron chi connectivity index (χ3n) is 5.78. The van der Waals surface area contributed by atoms with Crippen LogP contribution in [0.1, 0.15) is 33.9 Å². The molecule has 0 saturated carbocycles. The predicted octanol–water partition coefficient (Wildman–Crippen LogP) is 3.29. The number of amides is 2. The van der Waals surface area contributed by atoms with Gasteiger partial charge in [0.05, 0.1) is 12.5 Å². The molecule has 0 bridgehead atoms. The molecular weight excluding hydrogens is 400 g/mol. The van der Waals surface area contributed by atoms with E-state index >= 15 is 0 Å². The van der Waals surface area contributed by atoms with E-state index in [-0.39, 0.29) is 24.3 Å². The Bertz CT molecular complexity index is 1000. The fourth-order valence-electron chi connectivity index (χ4n) is 3.98. The number of hydrogen-bond acceptors (Lipinski definition) is 4. The second kappa shape index (κ2) is 10.7. The van der Waals surface area contributed by atoms with Crippen molar-refractivity contribution in [3.63, 3.8) is 0 Å². The van der Waals surface area contributed by atoms with Crippen LogP contribution in [0, 0.1) is 0 Å². The largest absolute Gasteiger partial charge is 0.345 e. The van der Waals surface area contributed by atoms with Gasteiger partial charge < -0.3 is 10.2 Å². The fraction of sp³-hybridized carbons (Fsp3) is 0.269. The summed E-state index contributed by atoms with van der Waals surface area (Å²) < 4.78 is 0. The summed E-state index contributed by atoms with van der Waals surface area (Å²) in [5.41, 5.74) is 2.70. The van der Waals surface area contributed by atoms with Gasteiger partial charge in [0, 0.05) is 50.7 Å². The van der Waals surface area contributed by atoms with Crippen molar-refractivity contribution in [1.29, 1.82) is 0 Å². The maximum absolute atomic E-state index is 13.1. The summed E-state index contributed by atoms with van der Waals surface area (Å²) in [5.74, 6) is -0.109. The molecular formula is C26H28N4O2. The summed E-state index contributed by atoms with van der Waals surface area (Å²) in [6.45, 7) is 3.87. The van der Waals surface area contributed by atoms with Gasteiger partial charge >= 0.3 is 0 Å². The van der Waals surface area contributed by atoms with Gasteiger partial charge in [-0.3, -0.25) is 19.5 Å². The van der Waals surface area contributed by atoms with Gasteiger partial charge in [0.2, 0.25) is 5.91 Å². The number of benzene rings is 2. The summed E-state index contributed by atoms with van der Waals surface area (Å²) in [7, 11) is 0. The van der Waals surface area contributed by atoms with Gasteiger partial charge in [0.25, 0.3) is 5.91 Å². The Morgan fingerprint density at radius 3 is 2.22 bits per heavy atom. The maximum Gasteiger partial charge on any atom is 0.251 e. The minimum absolute atomic E-state index is 0.0632. The number of carbonyl (C=O) groups excluding carboxylic acids is 2. The summed E-state index contributed by atoms with van der Waals surface area (Å²) in [4.78, 5) is 34.3. The van der Waals surface area contributed by atoms with Crippen LogP contribution in [0.2, 0.25) is 0 Å². The number of rotatable bonds is 7. The van der Waals surface area contributed by atoms with E-state index in [1.807, 2.05) is 65.7 Å². The average molecular weight is 429 g/mol. The Morgan fingerprint density at radius 1 is 0.875 bits per heavy atom. The van der Waals surface area contributed by atoms with Crippen molar-refractivity contribution >= 4 is 11.8 Å². The highest BCUT2D eigenvalue weighted by molar-refractivity contribution is 5.94. The normalized spacial score (nSPS) is 15.2. The van der Waals surface area contributed by atoms with Crippen LogP contribution in [0.5, 0.6) is 0 Å². The van der Waals surface area contributed by atoms with Gasteiger partial charge in [0.1, 0.15) is 0 Å². The number of nitrogens with zero attached hydrogens (tertiary/aromatic N) is 3. The zero-order valence-electron chi connectivity index (χ0n) is 18.1. The monoisotopic (exact) mass is 428 g/mol. The molecule has 0 aliphatic carbocycles. The molecule has 4 rings (SSSR count). The Labute approximate surface area is 188 Å². The van der Waals surface area contributed by atoms with Crippen molar-refractivity contribution in [2.24, 2.45) is 0 Å². The standard InChI is InChI=1S/C26H28N4O2/c31-25(30-16-14-29(15-17-30)20-21-8-7-13-27-19-21)18-24(22-9-3-1-4-10-22)28-26(32)23-11-5-2-6-12-23/h1-13,19,24H,14-18,20H2,(H,28,32). The molecule has 1 fully saturated rings. The van der Waals surface area contributed by atoms with Crippen molar-refractivity contribution in [2.75, 3.05) is 26.2 Å². The second-order valence-electron chi connectivity index (χ2n) is 8.03. The summed E-state index contributed by atoms with van der Waals surface area (Å²) in [6.07, 6.45) is 3.91. The molecule has 1 unspecified atom stereocenters. The van der Waals surface area contributed by atoms with E-state index < -0.39 is 0 Å². The van der Waals surface area contributed by atoms with Gasteiger partial charge in [-0.2, -0.15) is 0 Å². The highest BCUT2D eigenvalue weighted by Crippen LogP contribution is 2.20. The van der Waals surface area contributed by atoms with Crippen molar-refractivity contribution in [3.05, 3.63) is 102 Å². The van der Waals surface area contributed by atoms with Crippen LogP contribution in [0.15, 0.2) is 85.2 Å². The SMILES string of the molecule is O=C(NC(CC(=O)N1CCN(Cc2cccnc2)CC1)c1ccccc1)c1ccccc1. The highest BCUT2D eigenvalue weighted by atomic mass is 16.2. The Balaban J connectivity index is 1.37. The zero-order valence-corrected chi connectivity index (χ0v) is 18.1. The van der Waals surface area contributed by atoms with E-state index in [0.29, 0.717) is 18.7 Å². The quantitative estimate of drug-likeness (QED) is 0.627. The van der Waals surface area contributed by atoms with Crippen LogP contribution < -0.4 is 5.32 Å². The Morgan fingerprint density at radius 2 is 1.56 bits per heavy atom. The lowest BCUT2D eigenvalue weighted by Crippen LogP contribution is -2.49. The Kier molecular flexibility index (Phi) is 7.25. The molecule has 2 heterocycles. The van der Waals surface area contributed by atoms with Gasteiger partial charge in [-0.25, -0.2) is 0 Å². The molecule has 1 saturated heterocycles. The molecule has 6 nitrogen and oxygen atoms in total. The number of aromatic nitrogens is 1. The molecule has 1 aliphatic rings. The van der Waals surface area contributed by atoms with E-state index in [1.54, 1.807) is 18.3 Å². The van der Waals surface area contributed by atoms with E-state index in [9.17, 15) is 9.59 Å². The van der Waals surface area contributed by atoms with Crippen molar-refractivity contribution < 1.29 is 9.59 Å². The van der Waals surface area contributed by atoms with E-state index in [1.165, 1.54) is 5.56 Å². The number of carbonyl (C=O) groups is 2. The number of nitrogens with one attached hydrogen (secondary N) is 1. The van der Waals surface area contributed by atoms with Crippen LogP contribution >= 0.6 is 0 Å². The Hall–Kier alpha value is -3.51. The number of pyridine rings is 1. The van der Waals surface area contributed by atoms with Crippen LogP contribution in [-0.4, -0.2) is 52.8 Å². The van der Waals surface area contributed by atoms with Gasteiger partial charge in [0.15, 0.2) is 0 Å². The smallest absolute Gasteiger partial charge is 0.251 e. The first kappa shape index (κ1) is 21.7. The lowest BCUT2D eigenvalue weighted by atomic mass is 10.0. The van der Waals surface area contributed by atoms with Crippen LogP contribution in [0.25, 0.3) is 0 Å². The molecule has 32 heavy (non-hydrogen) atoms. The van der Waals surface area contributed by atoms with Crippen LogP contribution in [0.4, 0.5) is 0 Å². The van der Waals surface area contributed by atoms with Gasteiger partial charge in [-0.05, 0) is 29.3 Å². The van der Waals surface area contributed by atoms with Crippen molar-refractivity contribution in [3.8, 4) is 0 Å². The molecule has 1 aliphatic heterocycles. The highest BCUT2D eigenvalue weighted by Gasteiger charge is 2.25. The zero-order chi connectivity index (χ0) is 22.2. The summed E-state index contributed by atoms with van der Waals surface area (Å²) >= 11 is 0. The third-order valence-corrected chi connectivity index (χ3v) is 5.78.